The Kier molecular flexibility index (Phi) is 2.28. The SMILES string of the molecule is N[C@H]1C=C(c2ccccc2)C=CC1. The fourth-order valence-corrected chi connectivity index (χ4v) is 1.53. The lowest BCUT2D eigenvalue weighted by Crippen LogP contribution is -2.17. The number of hydrogen-bond acceptors (Lipinski definition) is 1. The standard InChI is InChI=1S/C12H13N/c13-12-8-4-7-11(9-12)10-5-2-1-3-6-10/h1-7,9,12H,8,13H2/t12-/m1/s1. The van der Waals surface area contributed by atoms with Gasteiger partial charge >= 0.3 is 0 Å². The van der Waals surface area contributed by atoms with Gasteiger partial charge in [-0.15, -0.1) is 0 Å². The molecule has 2 N–H and O–H groups in total. The van der Waals surface area contributed by atoms with Gasteiger partial charge in [0.25, 0.3) is 0 Å². The molecule has 1 nitrogen and oxygen atoms in total. The van der Waals surface area contributed by atoms with Crippen molar-refractivity contribution in [3.05, 3.63) is 54.1 Å². The molecule has 1 aromatic carbocycles. The molecule has 0 heterocycles. The molecule has 0 radical (unpaired) electrons. The lowest BCUT2D eigenvalue weighted by Gasteiger charge is -2.12. The molecule has 0 saturated heterocycles. The van der Waals surface area contributed by atoms with Gasteiger partial charge in [-0.3, -0.25) is 0 Å². The molecule has 1 aliphatic rings. The smallest absolute Gasteiger partial charge is 0.0267 e. The summed E-state index contributed by atoms with van der Waals surface area (Å²) in [7, 11) is 0. The number of hydrogen-bond donors (Lipinski definition) is 1. The van der Waals surface area contributed by atoms with Gasteiger partial charge in [0.1, 0.15) is 0 Å². The van der Waals surface area contributed by atoms with Gasteiger partial charge in [-0.05, 0) is 17.6 Å². The van der Waals surface area contributed by atoms with Crippen LogP contribution >= 0.6 is 0 Å². The third-order valence-electron chi connectivity index (χ3n) is 2.21. The third-order valence-corrected chi connectivity index (χ3v) is 2.21. The summed E-state index contributed by atoms with van der Waals surface area (Å²) >= 11 is 0. The summed E-state index contributed by atoms with van der Waals surface area (Å²) in [5, 5.41) is 0. The Morgan fingerprint density at radius 2 is 1.92 bits per heavy atom. The monoisotopic (exact) mass is 171 g/mol. The normalized spacial score (nSPS) is 21.3. The van der Waals surface area contributed by atoms with Crippen LogP contribution < -0.4 is 5.73 Å². The second-order valence-electron chi connectivity index (χ2n) is 3.29. The first-order chi connectivity index (χ1) is 6.36. The first-order valence-electron chi connectivity index (χ1n) is 4.55. The maximum atomic E-state index is 5.83. The first-order valence-corrected chi connectivity index (χ1v) is 4.55. The van der Waals surface area contributed by atoms with E-state index in [1.165, 1.54) is 11.1 Å². The van der Waals surface area contributed by atoms with Crippen LogP contribution in [0.3, 0.4) is 0 Å². The van der Waals surface area contributed by atoms with Crippen LogP contribution in [0.15, 0.2) is 48.6 Å². The molecule has 1 heteroatoms. The number of allylic oxidation sites excluding steroid dienone is 2. The highest BCUT2D eigenvalue weighted by Crippen LogP contribution is 2.20. The van der Waals surface area contributed by atoms with Crippen LogP contribution in [-0.2, 0) is 0 Å². The highest BCUT2D eigenvalue weighted by atomic mass is 14.6. The molecule has 0 unspecified atom stereocenters. The maximum absolute atomic E-state index is 5.83. The second-order valence-corrected chi connectivity index (χ2v) is 3.29. The average Bonchev–Trinajstić information content (AvgIpc) is 2.19. The number of benzene rings is 1. The summed E-state index contributed by atoms with van der Waals surface area (Å²) in [6.07, 6.45) is 7.34. The van der Waals surface area contributed by atoms with E-state index in [-0.39, 0.29) is 6.04 Å². The molecular formula is C12H13N. The third kappa shape index (κ3) is 1.87. The van der Waals surface area contributed by atoms with Crippen molar-refractivity contribution in [3.8, 4) is 0 Å². The maximum Gasteiger partial charge on any atom is 0.0267 e. The summed E-state index contributed by atoms with van der Waals surface area (Å²) in [6, 6.07) is 10.5. The Balaban J connectivity index is 2.32. The zero-order valence-electron chi connectivity index (χ0n) is 7.48. The van der Waals surface area contributed by atoms with Gasteiger partial charge in [-0.25, -0.2) is 0 Å². The summed E-state index contributed by atoms with van der Waals surface area (Å²) in [5.41, 5.74) is 8.31. The van der Waals surface area contributed by atoms with E-state index >= 15 is 0 Å². The van der Waals surface area contributed by atoms with Crippen LogP contribution in [0.5, 0.6) is 0 Å². The van der Waals surface area contributed by atoms with E-state index in [9.17, 15) is 0 Å². The predicted octanol–water partition coefficient (Wildman–Crippen LogP) is 2.36. The Morgan fingerprint density at radius 1 is 1.15 bits per heavy atom. The Labute approximate surface area is 78.6 Å². The molecule has 0 spiro atoms. The first kappa shape index (κ1) is 8.27. The van der Waals surface area contributed by atoms with Crippen LogP contribution in [0, 0.1) is 0 Å². The Morgan fingerprint density at radius 3 is 2.62 bits per heavy atom. The molecule has 2 rings (SSSR count). The van der Waals surface area contributed by atoms with E-state index in [0.717, 1.165) is 6.42 Å². The lowest BCUT2D eigenvalue weighted by atomic mass is 9.97. The van der Waals surface area contributed by atoms with Gasteiger partial charge in [0.15, 0.2) is 0 Å². The molecule has 13 heavy (non-hydrogen) atoms. The zero-order valence-corrected chi connectivity index (χ0v) is 7.48. The average molecular weight is 171 g/mol. The van der Waals surface area contributed by atoms with Crippen LogP contribution in [-0.4, -0.2) is 6.04 Å². The predicted molar refractivity (Wildman–Crippen MR) is 56.2 cm³/mol. The minimum atomic E-state index is 0.181. The van der Waals surface area contributed by atoms with E-state index in [0.29, 0.717) is 0 Å². The topological polar surface area (TPSA) is 26.0 Å². The van der Waals surface area contributed by atoms with Gasteiger partial charge in [0, 0.05) is 6.04 Å². The highest BCUT2D eigenvalue weighted by Gasteiger charge is 2.04. The van der Waals surface area contributed by atoms with Crippen molar-refractivity contribution in [2.24, 2.45) is 5.73 Å². The van der Waals surface area contributed by atoms with Crippen LogP contribution in [0.2, 0.25) is 0 Å². The quantitative estimate of drug-likeness (QED) is 0.689. The molecule has 1 aromatic rings. The van der Waals surface area contributed by atoms with Gasteiger partial charge < -0.3 is 5.73 Å². The molecule has 1 aliphatic carbocycles. The van der Waals surface area contributed by atoms with Crippen LogP contribution in [0.1, 0.15) is 12.0 Å². The second kappa shape index (κ2) is 3.58. The molecule has 0 aliphatic heterocycles. The van der Waals surface area contributed by atoms with Crippen molar-refractivity contribution in [1.82, 2.24) is 0 Å². The molecule has 0 amide bonds. The Bertz CT molecular complexity index is 335. The van der Waals surface area contributed by atoms with Crippen molar-refractivity contribution in [3.63, 3.8) is 0 Å². The minimum absolute atomic E-state index is 0.181. The zero-order chi connectivity index (χ0) is 9.10. The van der Waals surface area contributed by atoms with Crippen molar-refractivity contribution in [1.29, 1.82) is 0 Å². The van der Waals surface area contributed by atoms with Crippen molar-refractivity contribution in [2.45, 2.75) is 12.5 Å². The lowest BCUT2D eigenvalue weighted by molar-refractivity contribution is 0.829. The molecule has 0 fully saturated rings. The Hall–Kier alpha value is -1.34. The molecular weight excluding hydrogens is 158 g/mol. The van der Waals surface area contributed by atoms with Gasteiger partial charge in [-0.1, -0.05) is 48.6 Å². The van der Waals surface area contributed by atoms with Gasteiger partial charge in [-0.2, -0.15) is 0 Å². The van der Waals surface area contributed by atoms with Crippen LogP contribution in [0.4, 0.5) is 0 Å². The molecule has 0 bridgehead atoms. The summed E-state index contributed by atoms with van der Waals surface area (Å²) < 4.78 is 0. The van der Waals surface area contributed by atoms with Crippen molar-refractivity contribution >= 4 is 5.57 Å². The largest absolute Gasteiger partial charge is 0.324 e. The van der Waals surface area contributed by atoms with E-state index in [1.54, 1.807) is 0 Å². The van der Waals surface area contributed by atoms with E-state index < -0.39 is 0 Å². The minimum Gasteiger partial charge on any atom is -0.324 e. The molecule has 1 atom stereocenters. The molecule has 0 saturated carbocycles. The van der Waals surface area contributed by atoms with E-state index in [4.69, 9.17) is 5.73 Å². The van der Waals surface area contributed by atoms with Gasteiger partial charge in [0.2, 0.25) is 0 Å². The summed E-state index contributed by atoms with van der Waals surface area (Å²) in [5.74, 6) is 0. The van der Waals surface area contributed by atoms with E-state index in [2.05, 4.69) is 30.4 Å². The van der Waals surface area contributed by atoms with Crippen molar-refractivity contribution in [2.75, 3.05) is 0 Å². The molecule has 66 valence electrons. The van der Waals surface area contributed by atoms with Crippen LogP contribution in [0.25, 0.3) is 5.57 Å². The number of nitrogens with two attached hydrogens (primary N) is 1. The van der Waals surface area contributed by atoms with Crippen molar-refractivity contribution < 1.29 is 0 Å². The highest BCUT2D eigenvalue weighted by molar-refractivity contribution is 5.75. The fraction of sp³-hybridized carbons (Fsp3) is 0.167. The summed E-state index contributed by atoms with van der Waals surface area (Å²) in [4.78, 5) is 0. The van der Waals surface area contributed by atoms with E-state index in [1.807, 2.05) is 18.2 Å². The fourth-order valence-electron chi connectivity index (χ4n) is 1.53. The van der Waals surface area contributed by atoms with Gasteiger partial charge in [0.05, 0.1) is 0 Å². The molecule has 0 aromatic heterocycles. The summed E-state index contributed by atoms with van der Waals surface area (Å²) in [6.45, 7) is 0. The number of rotatable bonds is 1.